The number of nitrogens with one attached hydrogen (secondary N) is 2. The normalized spacial score (nSPS) is 28.6. The summed E-state index contributed by atoms with van der Waals surface area (Å²) in [6.07, 6.45) is 6.90. The minimum atomic E-state index is -2.93. The summed E-state index contributed by atoms with van der Waals surface area (Å²) < 4.78 is 54.4. The molecule has 4 aliphatic carbocycles. The van der Waals surface area contributed by atoms with Crippen LogP contribution in [0.25, 0.3) is 0 Å². The molecule has 0 radical (unpaired) electrons. The molecule has 6 N–H and O–H groups in total. The van der Waals surface area contributed by atoms with E-state index in [1.54, 1.807) is 6.20 Å². The minimum Gasteiger partial charge on any atom is -0.462 e. The first kappa shape index (κ1) is 41.0. The van der Waals surface area contributed by atoms with Crippen LogP contribution in [0.1, 0.15) is 115 Å². The Kier molecular flexibility index (Phi) is 10.5. The van der Waals surface area contributed by atoms with Crippen LogP contribution in [-0.4, -0.2) is 40.6 Å². The summed E-state index contributed by atoms with van der Waals surface area (Å²) in [5.41, 5.74) is 18.3. The first-order valence-corrected chi connectivity index (χ1v) is 21.4. The second kappa shape index (κ2) is 15.8. The van der Waals surface area contributed by atoms with Crippen molar-refractivity contribution < 1.29 is 22.6 Å². The van der Waals surface area contributed by atoms with Gasteiger partial charge in [-0.25, -0.2) is 23.2 Å². The van der Waals surface area contributed by atoms with Gasteiger partial charge in [0.05, 0.1) is 34.6 Å². The topological polar surface area (TPSA) is 193 Å². The van der Waals surface area contributed by atoms with Crippen molar-refractivity contribution >= 4 is 23.4 Å². The molecule has 2 aliphatic heterocycles. The van der Waals surface area contributed by atoms with Crippen molar-refractivity contribution in [2.45, 2.75) is 114 Å². The number of fused-ring (bicyclic) bond motifs is 4. The predicted molar refractivity (Wildman–Crippen MR) is 227 cm³/mol. The van der Waals surface area contributed by atoms with Crippen molar-refractivity contribution in [3.05, 3.63) is 117 Å². The molecule has 0 bridgehead atoms. The number of ether oxygens (including phenoxy) is 2. The average molecular weight is 843 g/mol. The molecule has 2 aromatic carbocycles. The van der Waals surface area contributed by atoms with Crippen LogP contribution < -0.4 is 22.1 Å². The SMILES string of the molecule is Cc1ccc(N[C@H]2CCCc3cc(C#N)cnc32)cc1[C@@]1(C(C)C)N=C(N)O[C@@H]2C[C@@H]21.N#Cc1cnc2c(c1)CCC[C@H]2Nc1ccc(F)c([C@@]2(C(F)F)N=C(N)O[C@@H]3C[C@@H]32)c1. The van der Waals surface area contributed by atoms with Crippen LogP contribution in [0, 0.1) is 53.2 Å². The van der Waals surface area contributed by atoms with Crippen molar-refractivity contribution in [1.29, 1.82) is 10.5 Å². The Morgan fingerprint density at radius 3 is 1.76 bits per heavy atom. The minimum absolute atomic E-state index is 0.138. The van der Waals surface area contributed by atoms with Gasteiger partial charge in [0.25, 0.3) is 18.5 Å². The number of hydrogen-bond donors (Lipinski definition) is 4. The zero-order valence-corrected chi connectivity index (χ0v) is 34.8. The number of pyridine rings is 2. The van der Waals surface area contributed by atoms with Crippen LogP contribution in [0.2, 0.25) is 0 Å². The van der Waals surface area contributed by atoms with Gasteiger partial charge in [0.2, 0.25) is 0 Å². The van der Waals surface area contributed by atoms with Crippen LogP contribution in [0.15, 0.2) is 70.9 Å². The van der Waals surface area contributed by atoms with Crippen molar-refractivity contribution in [3.8, 4) is 12.1 Å². The van der Waals surface area contributed by atoms with Gasteiger partial charge in [0.1, 0.15) is 35.7 Å². The molecule has 12 nitrogen and oxygen atoms in total. The van der Waals surface area contributed by atoms with E-state index >= 15 is 0 Å². The highest BCUT2D eigenvalue weighted by Crippen LogP contribution is 2.58. The molecule has 8 atom stereocenters. The Morgan fingerprint density at radius 2 is 1.24 bits per heavy atom. The smallest absolute Gasteiger partial charge is 0.283 e. The second-order valence-electron chi connectivity index (χ2n) is 17.7. The fourth-order valence-electron chi connectivity index (χ4n) is 10.3. The first-order valence-electron chi connectivity index (χ1n) is 21.4. The zero-order chi connectivity index (χ0) is 43.5. The highest BCUT2D eigenvalue weighted by Gasteiger charge is 2.64. The van der Waals surface area contributed by atoms with E-state index < -0.39 is 29.8 Å². The highest BCUT2D eigenvalue weighted by molar-refractivity contribution is 5.75. The Morgan fingerprint density at radius 1 is 0.742 bits per heavy atom. The summed E-state index contributed by atoms with van der Waals surface area (Å²) in [6.45, 7) is 6.61. The van der Waals surface area contributed by atoms with Crippen molar-refractivity contribution in [2.24, 2.45) is 39.2 Å². The number of aliphatic imine (C=N–C) groups is 2. The van der Waals surface area contributed by atoms with E-state index in [2.05, 4.69) is 76.7 Å². The number of halogens is 3. The third-order valence-corrected chi connectivity index (χ3v) is 13.5. The summed E-state index contributed by atoms with van der Waals surface area (Å²) in [5.74, 6) is -0.697. The molecule has 2 aromatic heterocycles. The number of alkyl halides is 2. The molecule has 2 saturated carbocycles. The first-order chi connectivity index (χ1) is 29.8. The molecule has 15 heteroatoms. The lowest BCUT2D eigenvalue weighted by molar-refractivity contribution is 0.0177. The third-order valence-electron chi connectivity index (χ3n) is 13.5. The molecule has 6 aliphatic rings. The van der Waals surface area contributed by atoms with Gasteiger partial charge >= 0.3 is 0 Å². The summed E-state index contributed by atoms with van der Waals surface area (Å²) in [7, 11) is 0. The molecule has 4 aromatic rings. The molecule has 10 rings (SSSR count). The Balaban J connectivity index is 0.000000158. The summed E-state index contributed by atoms with van der Waals surface area (Å²) in [5, 5.41) is 25.3. The maximum atomic E-state index is 14.8. The van der Waals surface area contributed by atoms with Gasteiger partial charge in [-0.1, -0.05) is 19.9 Å². The number of rotatable bonds is 8. The Bertz CT molecular complexity index is 2390. The predicted octanol–water partition coefficient (Wildman–Crippen LogP) is 8.11. The van der Waals surface area contributed by atoms with Gasteiger partial charge in [-0.15, -0.1) is 0 Å². The van der Waals surface area contributed by atoms with Crippen molar-refractivity contribution in [2.75, 3.05) is 10.6 Å². The summed E-state index contributed by atoms with van der Waals surface area (Å²) in [6, 6.07) is 18.7. The standard InChI is InChI=1S/C25H29N5O.C22H20F3N5O/c1-14(2)25(20-11-22(20)31-24(27)30-25)19-10-18(8-7-15(19)3)29-21-6-4-5-17-9-16(12-26)13-28-23(17)21;23-16-5-4-13(29-17-3-1-2-12-6-11(9-26)10-28-19(12)17)7-14(16)22(20(24)25)15-8-18(15)31-21(27)30-22/h7-10,13-14,20-22,29H,4-6,11H2,1-3H3,(H2,27,30);4-7,10,15,17-18,20,29H,1-3,8H2,(H2,27,30)/t20-,21-,22+,25+;15-,17+,18+,22+/m00/s1. The molecular weight excluding hydrogens is 794 g/mol. The fraction of sp³-hybridized carbons (Fsp3) is 0.447. The van der Waals surface area contributed by atoms with Crippen LogP contribution in [-0.2, 0) is 33.4 Å². The fourth-order valence-corrected chi connectivity index (χ4v) is 10.3. The lowest BCUT2D eigenvalue weighted by Crippen LogP contribution is -2.43. The van der Waals surface area contributed by atoms with Gasteiger partial charge in [-0.3, -0.25) is 9.97 Å². The number of benzene rings is 2. The number of aromatic nitrogens is 2. The second-order valence-corrected chi connectivity index (χ2v) is 17.7. The van der Waals surface area contributed by atoms with Gasteiger partial charge in [0, 0.05) is 41.2 Å². The number of amidine groups is 2. The van der Waals surface area contributed by atoms with E-state index in [1.807, 2.05) is 12.1 Å². The summed E-state index contributed by atoms with van der Waals surface area (Å²) in [4.78, 5) is 17.9. The van der Waals surface area contributed by atoms with E-state index in [0.717, 1.165) is 67.6 Å². The molecule has 4 heterocycles. The molecule has 62 heavy (non-hydrogen) atoms. The van der Waals surface area contributed by atoms with Crippen molar-refractivity contribution in [1.82, 2.24) is 9.97 Å². The Labute approximate surface area is 358 Å². The number of nitrogens with zero attached hydrogens (tertiary/aromatic N) is 6. The highest BCUT2D eigenvalue weighted by atomic mass is 19.3. The van der Waals surface area contributed by atoms with E-state index in [-0.39, 0.29) is 35.3 Å². The molecule has 0 spiro atoms. The average Bonchev–Trinajstić information content (AvgIpc) is 4.21. The maximum absolute atomic E-state index is 14.8. The number of anilines is 2. The zero-order valence-electron chi connectivity index (χ0n) is 34.8. The van der Waals surface area contributed by atoms with E-state index in [1.165, 1.54) is 41.1 Å². The van der Waals surface area contributed by atoms with Gasteiger partial charge < -0.3 is 31.6 Å². The number of nitrogens with two attached hydrogens (primary N) is 2. The molecular formula is C47H49F3N10O2. The van der Waals surface area contributed by atoms with Crippen LogP contribution >= 0.6 is 0 Å². The third kappa shape index (κ3) is 7.21. The lowest BCUT2D eigenvalue weighted by atomic mass is 9.74. The van der Waals surface area contributed by atoms with Gasteiger partial charge in [-0.2, -0.15) is 10.5 Å². The maximum Gasteiger partial charge on any atom is 0.283 e. The molecule has 0 saturated heterocycles. The van der Waals surface area contributed by atoms with E-state index in [4.69, 9.17) is 31.2 Å². The molecule has 2 fully saturated rings. The van der Waals surface area contributed by atoms with Crippen LogP contribution in [0.3, 0.4) is 0 Å². The quantitative estimate of drug-likeness (QED) is 0.135. The monoisotopic (exact) mass is 842 g/mol. The molecule has 320 valence electrons. The molecule has 0 unspecified atom stereocenters. The van der Waals surface area contributed by atoms with Gasteiger partial charge in [-0.05, 0) is 129 Å². The largest absolute Gasteiger partial charge is 0.462 e. The number of nitriles is 2. The number of aryl methyl sites for hydroxylation is 3. The summed E-state index contributed by atoms with van der Waals surface area (Å²) >= 11 is 0. The van der Waals surface area contributed by atoms with E-state index in [9.17, 15) is 18.4 Å². The van der Waals surface area contributed by atoms with Crippen LogP contribution in [0.4, 0.5) is 24.5 Å². The van der Waals surface area contributed by atoms with Crippen molar-refractivity contribution in [3.63, 3.8) is 0 Å². The lowest BCUT2D eigenvalue weighted by Gasteiger charge is -2.39. The molecule has 0 amide bonds. The van der Waals surface area contributed by atoms with Crippen LogP contribution in [0.5, 0.6) is 0 Å². The number of hydrogen-bond acceptors (Lipinski definition) is 12. The Hall–Kier alpha value is -6.35. The van der Waals surface area contributed by atoms with E-state index in [0.29, 0.717) is 41.1 Å². The van der Waals surface area contributed by atoms with Gasteiger partial charge in [0.15, 0.2) is 5.54 Å².